The van der Waals surface area contributed by atoms with Gasteiger partial charge >= 0.3 is 5.97 Å². The Morgan fingerprint density at radius 1 is 1.39 bits per heavy atom. The molecule has 2 N–H and O–H groups in total. The number of hydrogen-bond donors (Lipinski definition) is 2. The Labute approximate surface area is 107 Å². The normalized spacial score (nSPS) is 19.6. The van der Waals surface area contributed by atoms with E-state index >= 15 is 0 Å². The standard InChI is InChI=1S/C13H20N2O3/c1-9(8-14)7-11(13(17)18)15-12(16)10-5-3-2-4-6-10/h9-11H,2-7H2,1H3,(H,15,16)(H,17,18)/t9-,11-/m1/s1. The van der Waals surface area contributed by atoms with Gasteiger partial charge in [-0.2, -0.15) is 5.26 Å². The fourth-order valence-corrected chi connectivity index (χ4v) is 2.28. The SMILES string of the molecule is C[C@@H](C#N)C[C@@H](NC(=O)C1CCCCC1)C(=O)O. The van der Waals surface area contributed by atoms with Gasteiger partial charge in [0.05, 0.1) is 6.07 Å². The van der Waals surface area contributed by atoms with Gasteiger partial charge in [-0.1, -0.05) is 19.3 Å². The molecule has 0 saturated heterocycles. The number of nitrogens with one attached hydrogen (secondary N) is 1. The van der Waals surface area contributed by atoms with Gasteiger partial charge in [0, 0.05) is 11.8 Å². The van der Waals surface area contributed by atoms with E-state index < -0.39 is 12.0 Å². The first-order chi connectivity index (χ1) is 8.54. The molecule has 1 aliphatic rings. The second-order valence-electron chi connectivity index (χ2n) is 5.00. The summed E-state index contributed by atoms with van der Waals surface area (Å²) in [5.74, 6) is -1.68. The van der Waals surface area contributed by atoms with Crippen molar-refractivity contribution in [3.8, 4) is 6.07 Å². The first-order valence-corrected chi connectivity index (χ1v) is 6.47. The van der Waals surface area contributed by atoms with Gasteiger partial charge in [-0.15, -0.1) is 0 Å². The Balaban J connectivity index is 2.52. The fraction of sp³-hybridized carbons (Fsp3) is 0.769. The Kier molecular flexibility index (Phi) is 5.63. The number of aliphatic carboxylic acids is 1. The van der Waals surface area contributed by atoms with Crippen LogP contribution in [0.25, 0.3) is 0 Å². The number of carboxylic acid groups (broad SMARTS) is 1. The molecule has 1 rings (SSSR count). The number of nitrogens with zero attached hydrogens (tertiary/aromatic N) is 1. The first kappa shape index (κ1) is 14.5. The summed E-state index contributed by atoms with van der Waals surface area (Å²) in [6.45, 7) is 1.66. The molecule has 1 saturated carbocycles. The molecule has 1 fully saturated rings. The van der Waals surface area contributed by atoms with Crippen LogP contribution in [0.3, 0.4) is 0 Å². The van der Waals surface area contributed by atoms with Crippen LogP contribution in [0.15, 0.2) is 0 Å². The van der Waals surface area contributed by atoms with E-state index in [1.165, 1.54) is 0 Å². The molecular weight excluding hydrogens is 232 g/mol. The van der Waals surface area contributed by atoms with Gasteiger partial charge in [0.15, 0.2) is 0 Å². The fourth-order valence-electron chi connectivity index (χ4n) is 2.28. The maximum atomic E-state index is 11.9. The maximum Gasteiger partial charge on any atom is 0.326 e. The van der Waals surface area contributed by atoms with Crippen LogP contribution < -0.4 is 5.32 Å². The summed E-state index contributed by atoms with van der Waals surface area (Å²) < 4.78 is 0. The Morgan fingerprint density at radius 2 is 2.00 bits per heavy atom. The number of nitriles is 1. The molecule has 2 atom stereocenters. The van der Waals surface area contributed by atoms with E-state index in [4.69, 9.17) is 10.4 Å². The predicted octanol–water partition coefficient (Wildman–Crippen LogP) is 1.69. The Bertz CT molecular complexity index is 343. The van der Waals surface area contributed by atoms with Crippen molar-refractivity contribution in [2.45, 2.75) is 51.5 Å². The Hall–Kier alpha value is -1.57. The minimum Gasteiger partial charge on any atom is -0.480 e. The van der Waals surface area contributed by atoms with E-state index in [2.05, 4.69) is 5.32 Å². The third-order valence-corrected chi connectivity index (χ3v) is 3.40. The third kappa shape index (κ3) is 4.36. The number of hydrogen-bond acceptors (Lipinski definition) is 3. The van der Waals surface area contributed by atoms with Crippen molar-refractivity contribution in [1.82, 2.24) is 5.32 Å². The van der Waals surface area contributed by atoms with E-state index in [0.29, 0.717) is 0 Å². The minimum atomic E-state index is -1.07. The van der Waals surface area contributed by atoms with E-state index in [-0.39, 0.29) is 24.2 Å². The zero-order valence-electron chi connectivity index (χ0n) is 10.7. The van der Waals surface area contributed by atoms with Crippen LogP contribution in [0, 0.1) is 23.2 Å². The molecule has 1 aliphatic carbocycles. The molecule has 100 valence electrons. The number of carbonyl (C=O) groups is 2. The highest BCUT2D eigenvalue weighted by molar-refractivity contribution is 5.85. The van der Waals surface area contributed by atoms with Gasteiger partial charge in [0.2, 0.25) is 5.91 Å². The van der Waals surface area contributed by atoms with Crippen molar-refractivity contribution in [1.29, 1.82) is 5.26 Å². The van der Waals surface area contributed by atoms with Crippen LogP contribution >= 0.6 is 0 Å². The summed E-state index contributed by atoms with van der Waals surface area (Å²) in [6.07, 6.45) is 5.05. The predicted molar refractivity (Wildman–Crippen MR) is 65.5 cm³/mol. The van der Waals surface area contributed by atoms with Crippen molar-refractivity contribution in [3.05, 3.63) is 0 Å². The van der Waals surface area contributed by atoms with Crippen LogP contribution in [0.1, 0.15) is 45.4 Å². The van der Waals surface area contributed by atoms with Gasteiger partial charge in [0.25, 0.3) is 0 Å². The topological polar surface area (TPSA) is 90.2 Å². The summed E-state index contributed by atoms with van der Waals surface area (Å²) in [6, 6.07) is 1.04. The third-order valence-electron chi connectivity index (χ3n) is 3.40. The molecular formula is C13H20N2O3. The van der Waals surface area contributed by atoms with E-state index in [1.807, 2.05) is 6.07 Å². The molecule has 1 amide bonds. The molecule has 0 aromatic carbocycles. The lowest BCUT2D eigenvalue weighted by Crippen LogP contribution is -2.44. The van der Waals surface area contributed by atoms with Crippen LogP contribution in [0.4, 0.5) is 0 Å². The second kappa shape index (κ2) is 7.00. The molecule has 18 heavy (non-hydrogen) atoms. The molecule has 5 heteroatoms. The summed E-state index contributed by atoms with van der Waals surface area (Å²) >= 11 is 0. The highest BCUT2D eigenvalue weighted by Crippen LogP contribution is 2.23. The quantitative estimate of drug-likeness (QED) is 0.779. The number of carbonyl (C=O) groups excluding carboxylic acids is 1. The number of carboxylic acids is 1. The number of amides is 1. The summed E-state index contributed by atoms with van der Waals surface area (Å²) in [7, 11) is 0. The summed E-state index contributed by atoms with van der Waals surface area (Å²) in [5.41, 5.74) is 0. The van der Waals surface area contributed by atoms with Gasteiger partial charge in [-0.25, -0.2) is 4.79 Å². The molecule has 5 nitrogen and oxygen atoms in total. The van der Waals surface area contributed by atoms with E-state index in [9.17, 15) is 9.59 Å². The van der Waals surface area contributed by atoms with Crippen molar-refractivity contribution in [2.24, 2.45) is 11.8 Å². The van der Waals surface area contributed by atoms with Gasteiger partial charge < -0.3 is 10.4 Å². The molecule has 0 spiro atoms. The molecule has 0 bridgehead atoms. The number of rotatable bonds is 5. The average Bonchev–Trinajstić information content (AvgIpc) is 2.38. The summed E-state index contributed by atoms with van der Waals surface area (Å²) in [5, 5.41) is 20.3. The zero-order valence-corrected chi connectivity index (χ0v) is 10.7. The molecule has 0 unspecified atom stereocenters. The summed E-state index contributed by atoms with van der Waals surface area (Å²) in [4.78, 5) is 23.0. The zero-order chi connectivity index (χ0) is 13.5. The van der Waals surface area contributed by atoms with Crippen molar-refractivity contribution in [2.75, 3.05) is 0 Å². The monoisotopic (exact) mass is 252 g/mol. The highest BCUT2D eigenvalue weighted by atomic mass is 16.4. The molecule has 0 aromatic rings. The van der Waals surface area contributed by atoms with Crippen LogP contribution in [0.2, 0.25) is 0 Å². The van der Waals surface area contributed by atoms with Gasteiger partial charge in [-0.3, -0.25) is 4.79 Å². The van der Waals surface area contributed by atoms with Gasteiger partial charge in [-0.05, 0) is 26.2 Å². The van der Waals surface area contributed by atoms with Crippen molar-refractivity contribution < 1.29 is 14.7 Å². The second-order valence-corrected chi connectivity index (χ2v) is 5.00. The first-order valence-electron chi connectivity index (χ1n) is 6.47. The van der Waals surface area contributed by atoms with Crippen LogP contribution in [-0.4, -0.2) is 23.0 Å². The van der Waals surface area contributed by atoms with Crippen LogP contribution in [0.5, 0.6) is 0 Å². The molecule has 0 radical (unpaired) electrons. The van der Waals surface area contributed by atoms with E-state index in [0.717, 1.165) is 32.1 Å². The van der Waals surface area contributed by atoms with Crippen molar-refractivity contribution in [3.63, 3.8) is 0 Å². The lowest BCUT2D eigenvalue weighted by atomic mass is 9.88. The molecule has 0 aliphatic heterocycles. The average molecular weight is 252 g/mol. The minimum absolute atomic E-state index is 0.0574. The smallest absolute Gasteiger partial charge is 0.326 e. The Morgan fingerprint density at radius 3 is 2.50 bits per heavy atom. The highest BCUT2D eigenvalue weighted by Gasteiger charge is 2.27. The lowest BCUT2D eigenvalue weighted by Gasteiger charge is -2.23. The van der Waals surface area contributed by atoms with E-state index in [1.54, 1.807) is 6.92 Å². The van der Waals surface area contributed by atoms with Crippen molar-refractivity contribution >= 4 is 11.9 Å². The lowest BCUT2D eigenvalue weighted by molar-refractivity contribution is -0.143. The molecule has 0 aromatic heterocycles. The van der Waals surface area contributed by atoms with Crippen LogP contribution in [-0.2, 0) is 9.59 Å². The molecule has 0 heterocycles. The maximum absolute atomic E-state index is 11.9. The largest absolute Gasteiger partial charge is 0.480 e. The van der Waals surface area contributed by atoms with Gasteiger partial charge in [0.1, 0.15) is 6.04 Å².